The minimum absolute atomic E-state index is 0.0905. The molecule has 0 radical (unpaired) electrons. The summed E-state index contributed by atoms with van der Waals surface area (Å²) in [7, 11) is 0. The topological polar surface area (TPSA) is 67.8 Å². The molecule has 0 bridgehead atoms. The Labute approximate surface area is 123 Å². The van der Waals surface area contributed by atoms with Crippen LogP contribution < -0.4 is 10.1 Å². The van der Waals surface area contributed by atoms with E-state index in [0.29, 0.717) is 11.4 Å². The third-order valence-electron chi connectivity index (χ3n) is 2.69. The molecule has 0 aliphatic carbocycles. The SMILES string of the molecule is O=C(Nc1ccccc1OCCO)OCc1ccccc1. The minimum atomic E-state index is -0.557. The van der Waals surface area contributed by atoms with Crippen molar-refractivity contribution >= 4 is 11.8 Å². The monoisotopic (exact) mass is 287 g/mol. The molecular weight excluding hydrogens is 270 g/mol. The number of amides is 1. The Morgan fingerprint density at radius 1 is 1.05 bits per heavy atom. The zero-order valence-electron chi connectivity index (χ0n) is 11.5. The highest BCUT2D eigenvalue weighted by Crippen LogP contribution is 2.23. The van der Waals surface area contributed by atoms with Crippen LogP contribution in [-0.4, -0.2) is 24.4 Å². The van der Waals surface area contributed by atoms with Gasteiger partial charge in [0.05, 0.1) is 12.3 Å². The van der Waals surface area contributed by atoms with Crippen molar-refractivity contribution in [2.24, 2.45) is 0 Å². The fraction of sp³-hybridized carbons (Fsp3) is 0.188. The van der Waals surface area contributed by atoms with Crippen LogP contribution in [0.5, 0.6) is 5.75 Å². The van der Waals surface area contributed by atoms with Crippen LogP contribution in [-0.2, 0) is 11.3 Å². The summed E-state index contributed by atoms with van der Waals surface area (Å²) in [5, 5.41) is 11.4. The number of ether oxygens (including phenoxy) is 2. The third kappa shape index (κ3) is 4.81. The lowest BCUT2D eigenvalue weighted by atomic mass is 10.2. The first-order valence-corrected chi connectivity index (χ1v) is 6.60. The first kappa shape index (κ1) is 14.9. The van der Waals surface area contributed by atoms with Crippen LogP contribution in [0.25, 0.3) is 0 Å². The van der Waals surface area contributed by atoms with Gasteiger partial charge in [0.25, 0.3) is 0 Å². The van der Waals surface area contributed by atoms with E-state index in [-0.39, 0.29) is 19.8 Å². The van der Waals surface area contributed by atoms with Crippen LogP contribution in [0, 0.1) is 0 Å². The highest BCUT2D eigenvalue weighted by molar-refractivity contribution is 5.86. The molecule has 0 saturated carbocycles. The summed E-state index contributed by atoms with van der Waals surface area (Å²) in [4.78, 5) is 11.8. The van der Waals surface area contributed by atoms with Crippen LogP contribution in [0.4, 0.5) is 10.5 Å². The molecule has 0 unspecified atom stereocenters. The lowest BCUT2D eigenvalue weighted by Gasteiger charge is -2.12. The molecular formula is C16H17NO4. The highest BCUT2D eigenvalue weighted by Gasteiger charge is 2.08. The third-order valence-corrected chi connectivity index (χ3v) is 2.69. The second-order valence-electron chi connectivity index (χ2n) is 4.25. The predicted molar refractivity (Wildman–Crippen MR) is 79.3 cm³/mol. The van der Waals surface area contributed by atoms with Crippen LogP contribution in [0.2, 0.25) is 0 Å². The summed E-state index contributed by atoms with van der Waals surface area (Å²) in [6, 6.07) is 16.4. The van der Waals surface area contributed by atoms with E-state index < -0.39 is 6.09 Å². The van der Waals surface area contributed by atoms with Gasteiger partial charge in [-0.2, -0.15) is 0 Å². The molecule has 0 fully saturated rings. The fourth-order valence-corrected chi connectivity index (χ4v) is 1.72. The largest absolute Gasteiger partial charge is 0.489 e. The van der Waals surface area contributed by atoms with Crippen molar-refractivity contribution in [2.45, 2.75) is 6.61 Å². The molecule has 0 aliphatic heterocycles. The molecule has 1 amide bonds. The number of para-hydroxylation sites is 2. The van der Waals surface area contributed by atoms with Crippen LogP contribution >= 0.6 is 0 Å². The van der Waals surface area contributed by atoms with Crippen LogP contribution in [0.3, 0.4) is 0 Å². The van der Waals surface area contributed by atoms with E-state index in [2.05, 4.69) is 5.32 Å². The number of carbonyl (C=O) groups excluding carboxylic acids is 1. The summed E-state index contributed by atoms with van der Waals surface area (Å²) >= 11 is 0. The van der Waals surface area contributed by atoms with Crippen molar-refractivity contribution in [1.29, 1.82) is 0 Å². The molecule has 0 aromatic heterocycles. The number of aliphatic hydroxyl groups excluding tert-OH is 1. The number of aliphatic hydroxyl groups is 1. The zero-order chi connectivity index (χ0) is 14.9. The molecule has 2 aromatic rings. The Balaban J connectivity index is 1.90. The van der Waals surface area contributed by atoms with Crippen LogP contribution in [0.15, 0.2) is 54.6 Å². The average Bonchev–Trinajstić information content (AvgIpc) is 2.53. The molecule has 0 saturated heterocycles. The van der Waals surface area contributed by atoms with Gasteiger partial charge in [-0.05, 0) is 17.7 Å². The van der Waals surface area contributed by atoms with Crippen molar-refractivity contribution in [3.8, 4) is 5.75 Å². The molecule has 0 aliphatic rings. The summed E-state index contributed by atoms with van der Waals surface area (Å²) in [5.74, 6) is 0.489. The number of anilines is 1. The van der Waals surface area contributed by atoms with Gasteiger partial charge in [0.1, 0.15) is 19.0 Å². The second-order valence-corrected chi connectivity index (χ2v) is 4.25. The lowest BCUT2D eigenvalue weighted by molar-refractivity contribution is 0.155. The van der Waals surface area contributed by atoms with Gasteiger partial charge in [0.15, 0.2) is 0 Å². The van der Waals surface area contributed by atoms with Gasteiger partial charge >= 0.3 is 6.09 Å². The van der Waals surface area contributed by atoms with Gasteiger partial charge in [-0.1, -0.05) is 42.5 Å². The Bertz CT molecular complexity index is 571. The smallest absolute Gasteiger partial charge is 0.412 e. The van der Waals surface area contributed by atoms with E-state index >= 15 is 0 Å². The second kappa shape index (κ2) is 7.91. The first-order valence-electron chi connectivity index (χ1n) is 6.60. The number of hydrogen-bond donors (Lipinski definition) is 2. The van der Waals surface area contributed by atoms with Gasteiger partial charge < -0.3 is 14.6 Å². The Hall–Kier alpha value is -2.53. The van der Waals surface area contributed by atoms with Gasteiger partial charge in [0, 0.05) is 0 Å². The van der Waals surface area contributed by atoms with E-state index in [1.54, 1.807) is 24.3 Å². The number of benzene rings is 2. The first-order chi connectivity index (χ1) is 10.3. The maximum Gasteiger partial charge on any atom is 0.412 e. The van der Waals surface area contributed by atoms with Crippen molar-refractivity contribution in [3.05, 3.63) is 60.2 Å². The van der Waals surface area contributed by atoms with Crippen molar-refractivity contribution < 1.29 is 19.4 Å². The lowest BCUT2D eigenvalue weighted by Crippen LogP contribution is -2.14. The quantitative estimate of drug-likeness (QED) is 0.857. The molecule has 2 aromatic carbocycles. The fourth-order valence-electron chi connectivity index (χ4n) is 1.72. The molecule has 5 nitrogen and oxygen atoms in total. The highest BCUT2D eigenvalue weighted by atomic mass is 16.5. The zero-order valence-corrected chi connectivity index (χ0v) is 11.5. The number of nitrogens with one attached hydrogen (secondary N) is 1. The molecule has 21 heavy (non-hydrogen) atoms. The van der Waals surface area contributed by atoms with Crippen molar-refractivity contribution in [2.75, 3.05) is 18.5 Å². The predicted octanol–water partition coefficient (Wildman–Crippen LogP) is 2.81. The van der Waals surface area contributed by atoms with E-state index in [1.165, 1.54) is 0 Å². The number of hydrogen-bond acceptors (Lipinski definition) is 4. The number of rotatable bonds is 6. The molecule has 0 heterocycles. The average molecular weight is 287 g/mol. The Kier molecular flexibility index (Phi) is 5.60. The minimum Gasteiger partial charge on any atom is -0.489 e. The summed E-state index contributed by atoms with van der Waals surface area (Å²) < 4.78 is 10.5. The molecule has 2 rings (SSSR count). The van der Waals surface area contributed by atoms with E-state index in [0.717, 1.165) is 5.56 Å². The standard InChI is InChI=1S/C16H17NO4/c18-10-11-20-15-9-5-4-8-14(15)17-16(19)21-12-13-6-2-1-3-7-13/h1-9,18H,10-12H2,(H,17,19). The molecule has 0 spiro atoms. The van der Waals surface area contributed by atoms with Crippen molar-refractivity contribution in [3.63, 3.8) is 0 Å². The van der Waals surface area contributed by atoms with E-state index in [1.807, 2.05) is 30.3 Å². The Morgan fingerprint density at radius 2 is 1.76 bits per heavy atom. The maximum atomic E-state index is 11.8. The summed E-state index contributed by atoms with van der Waals surface area (Å²) in [6.45, 7) is 0.275. The van der Waals surface area contributed by atoms with Gasteiger partial charge in [-0.3, -0.25) is 5.32 Å². The van der Waals surface area contributed by atoms with Gasteiger partial charge in [-0.25, -0.2) is 4.79 Å². The van der Waals surface area contributed by atoms with E-state index in [9.17, 15) is 4.79 Å². The molecule has 5 heteroatoms. The molecule has 2 N–H and O–H groups in total. The van der Waals surface area contributed by atoms with Gasteiger partial charge in [-0.15, -0.1) is 0 Å². The van der Waals surface area contributed by atoms with E-state index in [4.69, 9.17) is 14.6 Å². The normalized spacial score (nSPS) is 9.95. The molecule has 0 atom stereocenters. The molecule has 110 valence electrons. The van der Waals surface area contributed by atoms with Crippen LogP contribution in [0.1, 0.15) is 5.56 Å². The summed E-state index contributed by atoms with van der Waals surface area (Å²) in [6.07, 6.45) is -0.557. The maximum absolute atomic E-state index is 11.8. The van der Waals surface area contributed by atoms with Gasteiger partial charge in [0.2, 0.25) is 0 Å². The number of carbonyl (C=O) groups is 1. The Morgan fingerprint density at radius 3 is 2.52 bits per heavy atom. The summed E-state index contributed by atoms with van der Waals surface area (Å²) in [5.41, 5.74) is 1.42. The van der Waals surface area contributed by atoms with Crippen molar-refractivity contribution in [1.82, 2.24) is 0 Å².